The van der Waals surface area contributed by atoms with E-state index in [1.165, 1.54) is 0 Å². The minimum atomic E-state index is -0.926. The number of hydrogen-bond acceptors (Lipinski definition) is 6. The second-order valence-corrected chi connectivity index (χ2v) is 7.04. The number of carbonyl (C=O) groups is 1. The van der Waals surface area contributed by atoms with Crippen LogP contribution >= 0.6 is 0 Å². The number of carbonyl (C=O) groups excluding carboxylic acids is 1. The molecule has 1 aromatic carbocycles. The second-order valence-electron chi connectivity index (χ2n) is 7.04. The summed E-state index contributed by atoms with van der Waals surface area (Å²) < 4.78 is 5.34. The number of morpholine rings is 1. The number of nitrogens with one attached hydrogen (secondary N) is 1. The van der Waals surface area contributed by atoms with Crippen LogP contribution in [0, 0.1) is 0 Å². The van der Waals surface area contributed by atoms with E-state index in [9.17, 15) is 14.7 Å². The molecule has 0 bridgehead atoms. The van der Waals surface area contributed by atoms with Gasteiger partial charge in [-0.15, -0.1) is 0 Å². The predicted octanol–water partition coefficient (Wildman–Crippen LogP) is -0.168. The Balaban J connectivity index is 1.53. The van der Waals surface area contributed by atoms with Crippen molar-refractivity contribution in [3.05, 3.63) is 40.3 Å². The highest BCUT2D eigenvalue weighted by Crippen LogP contribution is 2.25. The molecule has 4 rings (SSSR count). The van der Waals surface area contributed by atoms with Gasteiger partial charge in [-0.2, -0.15) is 5.10 Å². The zero-order valence-electron chi connectivity index (χ0n) is 14.5. The number of fused-ring (bicyclic) bond motifs is 1. The third kappa shape index (κ3) is 3.23. The molecule has 2 saturated heterocycles. The molecule has 2 fully saturated rings. The van der Waals surface area contributed by atoms with E-state index in [0.717, 1.165) is 13.1 Å². The minimum Gasteiger partial charge on any atom is -0.387 e. The van der Waals surface area contributed by atoms with Gasteiger partial charge in [-0.05, 0) is 12.5 Å². The highest BCUT2D eigenvalue weighted by Gasteiger charge is 2.40. The smallest absolute Gasteiger partial charge is 0.275 e. The van der Waals surface area contributed by atoms with Crippen molar-refractivity contribution in [2.45, 2.75) is 12.0 Å². The number of aromatic amines is 1. The lowest BCUT2D eigenvalue weighted by Gasteiger charge is -2.33. The molecule has 8 heteroatoms. The lowest BCUT2D eigenvalue weighted by molar-refractivity contribution is -0.0257. The third-order valence-electron chi connectivity index (χ3n) is 5.14. The number of likely N-dealkylation sites (tertiary alicyclic amines) is 1. The Morgan fingerprint density at radius 2 is 1.96 bits per heavy atom. The fourth-order valence-electron chi connectivity index (χ4n) is 3.76. The maximum absolute atomic E-state index is 12.9. The molecule has 0 radical (unpaired) electrons. The molecule has 2 aromatic rings. The van der Waals surface area contributed by atoms with Gasteiger partial charge in [0, 0.05) is 31.6 Å². The zero-order valence-corrected chi connectivity index (χ0v) is 14.5. The quantitative estimate of drug-likeness (QED) is 0.791. The summed E-state index contributed by atoms with van der Waals surface area (Å²) >= 11 is 0. The molecule has 0 spiro atoms. The van der Waals surface area contributed by atoms with Crippen molar-refractivity contribution in [2.24, 2.45) is 0 Å². The van der Waals surface area contributed by atoms with Crippen LogP contribution in [-0.4, -0.2) is 82.5 Å². The molecule has 2 aliphatic rings. The van der Waals surface area contributed by atoms with Crippen molar-refractivity contribution < 1.29 is 14.6 Å². The molecule has 2 N–H and O–H groups in total. The summed E-state index contributed by atoms with van der Waals surface area (Å²) in [6, 6.07) is 6.92. The average molecular weight is 358 g/mol. The molecule has 1 amide bonds. The summed E-state index contributed by atoms with van der Waals surface area (Å²) in [5.74, 6) is -0.268. The van der Waals surface area contributed by atoms with Gasteiger partial charge in [-0.25, -0.2) is 5.10 Å². The van der Waals surface area contributed by atoms with Crippen LogP contribution in [0.4, 0.5) is 0 Å². The zero-order chi connectivity index (χ0) is 18.1. The summed E-state index contributed by atoms with van der Waals surface area (Å²) in [5.41, 5.74) is -1.02. The monoisotopic (exact) mass is 358 g/mol. The van der Waals surface area contributed by atoms with Crippen molar-refractivity contribution in [1.82, 2.24) is 20.0 Å². The summed E-state index contributed by atoms with van der Waals surface area (Å²) in [4.78, 5) is 28.6. The number of H-pyrrole nitrogens is 1. The van der Waals surface area contributed by atoms with Gasteiger partial charge < -0.3 is 14.7 Å². The maximum atomic E-state index is 12.9. The van der Waals surface area contributed by atoms with Crippen LogP contribution in [0.15, 0.2) is 29.1 Å². The summed E-state index contributed by atoms with van der Waals surface area (Å²) in [5, 5.41) is 18.3. The molecule has 0 unspecified atom stereocenters. The van der Waals surface area contributed by atoms with Crippen molar-refractivity contribution in [3.8, 4) is 0 Å². The third-order valence-corrected chi connectivity index (χ3v) is 5.14. The molecule has 0 saturated carbocycles. The first-order valence-corrected chi connectivity index (χ1v) is 8.85. The Hall–Kier alpha value is -2.29. The molecule has 0 aliphatic carbocycles. The Morgan fingerprint density at radius 1 is 1.23 bits per heavy atom. The topological polar surface area (TPSA) is 98.8 Å². The van der Waals surface area contributed by atoms with E-state index in [2.05, 4.69) is 15.1 Å². The number of β-amino-alcohol motifs (C(OH)–C–C–N with tert-alkyl or cyclic N) is 1. The Labute approximate surface area is 150 Å². The average Bonchev–Trinajstić information content (AvgIpc) is 3.04. The SMILES string of the molecule is O=C(c1n[nH]c(=O)c2ccccc12)N1CC[C@@](O)(CN2CCOCC2)C1. The van der Waals surface area contributed by atoms with Gasteiger partial charge in [0.1, 0.15) is 0 Å². The number of hydrogen-bond donors (Lipinski definition) is 2. The number of rotatable bonds is 3. The van der Waals surface area contributed by atoms with Gasteiger partial charge in [0.2, 0.25) is 0 Å². The molecule has 1 atom stereocenters. The molecule has 1 aromatic heterocycles. The maximum Gasteiger partial charge on any atom is 0.275 e. The highest BCUT2D eigenvalue weighted by molar-refractivity contribution is 6.04. The largest absolute Gasteiger partial charge is 0.387 e. The van der Waals surface area contributed by atoms with Crippen molar-refractivity contribution in [2.75, 3.05) is 45.9 Å². The number of amides is 1. The van der Waals surface area contributed by atoms with Crippen LogP contribution in [0.2, 0.25) is 0 Å². The van der Waals surface area contributed by atoms with Crippen LogP contribution in [0.1, 0.15) is 16.9 Å². The van der Waals surface area contributed by atoms with Gasteiger partial charge in [0.05, 0.1) is 30.7 Å². The van der Waals surface area contributed by atoms with E-state index in [1.54, 1.807) is 29.2 Å². The Bertz CT molecular complexity index is 877. The van der Waals surface area contributed by atoms with Gasteiger partial charge in [0.15, 0.2) is 5.69 Å². The predicted molar refractivity (Wildman–Crippen MR) is 95.1 cm³/mol. The van der Waals surface area contributed by atoms with E-state index in [0.29, 0.717) is 43.5 Å². The molecule has 2 aliphatic heterocycles. The lowest BCUT2D eigenvalue weighted by atomic mass is 10.0. The lowest BCUT2D eigenvalue weighted by Crippen LogP contribution is -2.49. The van der Waals surface area contributed by atoms with Gasteiger partial charge in [0.25, 0.3) is 11.5 Å². The van der Waals surface area contributed by atoms with Crippen LogP contribution in [0.25, 0.3) is 10.8 Å². The highest BCUT2D eigenvalue weighted by atomic mass is 16.5. The van der Waals surface area contributed by atoms with E-state index in [1.807, 2.05) is 0 Å². The first kappa shape index (κ1) is 17.1. The van der Waals surface area contributed by atoms with Crippen LogP contribution in [-0.2, 0) is 4.74 Å². The van der Waals surface area contributed by atoms with Gasteiger partial charge in [-0.3, -0.25) is 14.5 Å². The molecular weight excluding hydrogens is 336 g/mol. The first-order chi connectivity index (χ1) is 12.6. The Kier molecular flexibility index (Phi) is 4.47. The van der Waals surface area contributed by atoms with Crippen LogP contribution in [0.3, 0.4) is 0 Å². The number of aromatic nitrogens is 2. The number of nitrogens with zero attached hydrogens (tertiary/aromatic N) is 3. The molecule has 8 nitrogen and oxygen atoms in total. The fraction of sp³-hybridized carbons (Fsp3) is 0.500. The first-order valence-electron chi connectivity index (χ1n) is 8.85. The van der Waals surface area contributed by atoms with Gasteiger partial charge in [-0.1, -0.05) is 18.2 Å². The van der Waals surface area contributed by atoms with Crippen LogP contribution < -0.4 is 5.56 Å². The molecule has 3 heterocycles. The second kappa shape index (κ2) is 6.79. The number of aliphatic hydroxyl groups is 1. The van der Waals surface area contributed by atoms with Gasteiger partial charge >= 0.3 is 0 Å². The molecular formula is C18H22N4O4. The summed E-state index contributed by atoms with van der Waals surface area (Å²) in [6.45, 7) is 4.19. The van der Waals surface area contributed by atoms with E-state index in [-0.39, 0.29) is 23.7 Å². The van der Waals surface area contributed by atoms with Crippen LogP contribution in [0.5, 0.6) is 0 Å². The van der Waals surface area contributed by atoms with Crippen molar-refractivity contribution in [1.29, 1.82) is 0 Å². The number of ether oxygens (including phenoxy) is 1. The summed E-state index contributed by atoms with van der Waals surface area (Å²) in [6.07, 6.45) is 0.525. The minimum absolute atomic E-state index is 0.218. The normalized spacial score (nSPS) is 24.3. The molecule has 138 valence electrons. The van der Waals surface area contributed by atoms with E-state index in [4.69, 9.17) is 4.74 Å². The van der Waals surface area contributed by atoms with E-state index < -0.39 is 5.60 Å². The summed E-state index contributed by atoms with van der Waals surface area (Å²) in [7, 11) is 0. The Morgan fingerprint density at radius 3 is 2.73 bits per heavy atom. The standard InChI is InChI=1S/C18H22N4O4/c23-16-14-4-2-1-3-13(14)15(19-20-16)17(24)22-6-5-18(25,12-22)11-21-7-9-26-10-8-21/h1-4,25H,5-12H2,(H,20,23)/t18-/m1/s1. The van der Waals surface area contributed by atoms with Crippen molar-refractivity contribution >= 4 is 16.7 Å². The van der Waals surface area contributed by atoms with E-state index >= 15 is 0 Å². The van der Waals surface area contributed by atoms with Crippen molar-refractivity contribution in [3.63, 3.8) is 0 Å². The fourth-order valence-corrected chi connectivity index (χ4v) is 3.76. The molecule has 26 heavy (non-hydrogen) atoms. The number of benzene rings is 1.